The molecular formula is C48H37NO. The van der Waals surface area contributed by atoms with E-state index < -0.39 is 0 Å². The van der Waals surface area contributed by atoms with Crippen LogP contribution >= 0.6 is 0 Å². The van der Waals surface area contributed by atoms with Gasteiger partial charge in [0.25, 0.3) is 0 Å². The van der Waals surface area contributed by atoms with E-state index in [9.17, 15) is 0 Å². The number of para-hydroxylation sites is 3. The van der Waals surface area contributed by atoms with E-state index in [4.69, 9.17) is 4.42 Å². The molecule has 2 aliphatic carbocycles. The lowest BCUT2D eigenvalue weighted by molar-refractivity contribution is 0.660. The molecule has 10 rings (SSSR count). The second-order valence-corrected chi connectivity index (χ2v) is 14.9. The highest BCUT2D eigenvalue weighted by atomic mass is 16.3. The molecule has 8 aromatic rings. The van der Waals surface area contributed by atoms with Crippen LogP contribution in [0.5, 0.6) is 0 Å². The fourth-order valence-corrected chi connectivity index (χ4v) is 9.12. The largest absolute Gasteiger partial charge is 0.455 e. The standard InChI is InChI=1S/C48H37NO/c1-47(2)39-22-9-6-16-32(39)38-29-30(27-28-41(38)47)49(43-25-14-19-35-31-15-5-10-23-40(31)48(3,4)45(35)43)42-24-11-7-17-33(42)36-20-13-21-37-34-18-8-12-26-44(34)50-46(36)37/h5-29H,1-4H3. The first-order valence-corrected chi connectivity index (χ1v) is 17.6. The van der Waals surface area contributed by atoms with Crippen LogP contribution in [0.25, 0.3) is 55.3 Å². The average Bonchev–Trinajstić information content (AvgIpc) is 3.72. The van der Waals surface area contributed by atoms with Crippen molar-refractivity contribution in [1.82, 2.24) is 0 Å². The second-order valence-electron chi connectivity index (χ2n) is 14.9. The Bertz CT molecular complexity index is 2670. The Morgan fingerprint density at radius 1 is 0.420 bits per heavy atom. The molecule has 0 spiro atoms. The predicted octanol–water partition coefficient (Wildman–Crippen LogP) is 13.3. The van der Waals surface area contributed by atoms with Crippen LogP contribution in [0.15, 0.2) is 156 Å². The number of benzene rings is 7. The Balaban J connectivity index is 1.27. The van der Waals surface area contributed by atoms with E-state index in [-0.39, 0.29) is 10.8 Å². The third-order valence-corrected chi connectivity index (χ3v) is 11.5. The molecule has 2 nitrogen and oxygen atoms in total. The molecule has 0 amide bonds. The van der Waals surface area contributed by atoms with Crippen LogP contribution in [0.1, 0.15) is 49.9 Å². The lowest BCUT2D eigenvalue weighted by Gasteiger charge is -2.33. The van der Waals surface area contributed by atoms with Crippen molar-refractivity contribution < 1.29 is 4.42 Å². The van der Waals surface area contributed by atoms with E-state index in [2.05, 4.69) is 178 Å². The summed E-state index contributed by atoms with van der Waals surface area (Å²) >= 11 is 0. The first-order chi connectivity index (χ1) is 24.3. The molecule has 0 unspecified atom stereocenters. The van der Waals surface area contributed by atoms with Crippen LogP contribution in [0.3, 0.4) is 0 Å². The minimum absolute atomic E-state index is 0.0677. The Morgan fingerprint density at radius 2 is 0.980 bits per heavy atom. The highest BCUT2D eigenvalue weighted by Crippen LogP contribution is 2.56. The van der Waals surface area contributed by atoms with Gasteiger partial charge in [-0.1, -0.05) is 149 Å². The lowest BCUT2D eigenvalue weighted by Crippen LogP contribution is -2.21. The van der Waals surface area contributed by atoms with Crippen LogP contribution in [-0.2, 0) is 10.8 Å². The number of furan rings is 1. The Morgan fingerprint density at radius 3 is 1.80 bits per heavy atom. The Hall–Kier alpha value is -5.86. The van der Waals surface area contributed by atoms with E-state index in [0.717, 1.165) is 44.4 Å². The van der Waals surface area contributed by atoms with Crippen molar-refractivity contribution in [2.45, 2.75) is 38.5 Å². The molecule has 1 aromatic heterocycles. The molecule has 0 atom stereocenters. The zero-order valence-corrected chi connectivity index (χ0v) is 28.8. The zero-order chi connectivity index (χ0) is 33.8. The second kappa shape index (κ2) is 10.3. The van der Waals surface area contributed by atoms with Crippen molar-refractivity contribution in [3.05, 3.63) is 174 Å². The van der Waals surface area contributed by atoms with Crippen LogP contribution < -0.4 is 4.90 Å². The first-order valence-electron chi connectivity index (χ1n) is 17.6. The topological polar surface area (TPSA) is 16.4 Å². The van der Waals surface area contributed by atoms with Crippen molar-refractivity contribution in [1.29, 1.82) is 0 Å². The van der Waals surface area contributed by atoms with Gasteiger partial charge in [0.2, 0.25) is 0 Å². The van der Waals surface area contributed by atoms with Crippen molar-refractivity contribution in [2.24, 2.45) is 0 Å². The normalized spacial score (nSPS) is 14.7. The van der Waals surface area contributed by atoms with Crippen molar-refractivity contribution in [2.75, 3.05) is 4.90 Å². The first kappa shape index (κ1) is 29.1. The van der Waals surface area contributed by atoms with Crippen molar-refractivity contribution in [3.63, 3.8) is 0 Å². The lowest BCUT2D eigenvalue weighted by atomic mass is 9.81. The molecule has 1 heterocycles. The fraction of sp³-hybridized carbons (Fsp3) is 0.125. The summed E-state index contributed by atoms with van der Waals surface area (Å²) in [7, 11) is 0. The number of nitrogens with zero attached hydrogens (tertiary/aromatic N) is 1. The summed E-state index contributed by atoms with van der Waals surface area (Å²) in [5, 5.41) is 2.27. The van der Waals surface area contributed by atoms with E-state index in [1.807, 2.05) is 6.07 Å². The van der Waals surface area contributed by atoms with Gasteiger partial charge in [-0.3, -0.25) is 0 Å². The molecule has 0 saturated carbocycles. The molecule has 0 saturated heterocycles. The summed E-state index contributed by atoms with van der Waals surface area (Å²) in [5.41, 5.74) is 17.9. The van der Waals surface area contributed by atoms with Crippen LogP contribution in [-0.4, -0.2) is 0 Å². The van der Waals surface area contributed by atoms with Crippen molar-refractivity contribution in [3.8, 4) is 33.4 Å². The maximum Gasteiger partial charge on any atom is 0.143 e. The molecule has 0 bridgehead atoms. The molecule has 0 N–H and O–H groups in total. The molecule has 7 aromatic carbocycles. The van der Waals surface area contributed by atoms with Gasteiger partial charge in [-0.25, -0.2) is 0 Å². The van der Waals surface area contributed by atoms with Gasteiger partial charge in [0.15, 0.2) is 0 Å². The molecule has 2 heteroatoms. The Labute approximate surface area is 293 Å². The van der Waals surface area contributed by atoms with Gasteiger partial charge in [0.1, 0.15) is 11.2 Å². The van der Waals surface area contributed by atoms with Crippen LogP contribution in [0.4, 0.5) is 17.1 Å². The van der Waals surface area contributed by atoms with Gasteiger partial charge < -0.3 is 9.32 Å². The van der Waals surface area contributed by atoms with Gasteiger partial charge in [-0.05, 0) is 74.8 Å². The van der Waals surface area contributed by atoms with E-state index in [1.54, 1.807) is 0 Å². The van der Waals surface area contributed by atoms with Gasteiger partial charge >= 0.3 is 0 Å². The maximum absolute atomic E-state index is 6.64. The highest BCUT2D eigenvalue weighted by Gasteiger charge is 2.40. The quantitative estimate of drug-likeness (QED) is 0.190. The summed E-state index contributed by atoms with van der Waals surface area (Å²) in [6.07, 6.45) is 0. The van der Waals surface area contributed by atoms with Crippen LogP contribution in [0.2, 0.25) is 0 Å². The average molecular weight is 644 g/mol. The predicted molar refractivity (Wildman–Crippen MR) is 209 cm³/mol. The van der Waals surface area contributed by atoms with Gasteiger partial charge in [0, 0.05) is 38.4 Å². The minimum Gasteiger partial charge on any atom is -0.455 e. The van der Waals surface area contributed by atoms with Gasteiger partial charge in [-0.2, -0.15) is 0 Å². The molecule has 240 valence electrons. The molecule has 0 aliphatic heterocycles. The molecule has 0 radical (unpaired) electrons. The summed E-state index contributed by atoms with van der Waals surface area (Å²) in [5.74, 6) is 0. The smallest absolute Gasteiger partial charge is 0.143 e. The van der Waals surface area contributed by atoms with Gasteiger partial charge in [-0.15, -0.1) is 0 Å². The van der Waals surface area contributed by atoms with Crippen molar-refractivity contribution >= 4 is 39.0 Å². The number of fused-ring (bicyclic) bond motifs is 9. The minimum atomic E-state index is -0.195. The number of rotatable bonds is 4. The fourth-order valence-electron chi connectivity index (χ4n) is 9.12. The summed E-state index contributed by atoms with van der Waals surface area (Å²) in [4.78, 5) is 2.51. The number of anilines is 3. The maximum atomic E-state index is 6.64. The Kier molecular flexibility index (Phi) is 6.01. The van der Waals surface area contributed by atoms with E-state index >= 15 is 0 Å². The number of hydrogen-bond donors (Lipinski definition) is 0. The van der Waals surface area contributed by atoms with E-state index in [0.29, 0.717) is 0 Å². The monoisotopic (exact) mass is 643 g/mol. The summed E-state index contributed by atoms with van der Waals surface area (Å²) in [6, 6.07) is 55.5. The number of hydrogen-bond acceptors (Lipinski definition) is 2. The SMILES string of the molecule is CC1(C)c2ccccc2-c2cc(N(c3ccccc3-c3cccc4c3oc3ccccc34)c3cccc4c3C(C)(C)c3ccccc3-4)ccc21. The third-order valence-electron chi connectivity index (χ3n) is 11.5. The highest BCUT2D eigenvalue weighted by molar-refractivity contribution is 6.11. The van der Waals surface area contributed by atoms with Crippen LogP contribution in [0, 0.1) is 0 Å². The summed E-state index contributed by atoms with van der Waals surface area (Å²) < 4.78 is 6.64. The molecule has 2 aliphatic rings. The van der Waals surface area contributed by atoms with Gasteiger partial charge in [0.05, 0.1) is 11.4 Å². The van der Waals surface area contributed by atoms with E-state index in [1.165, 1.54) is 50.2 Å². The summed E-state index contributed by atoms with van der Waals surface area (Å²) in [6.45, 7) is 9.45. The third kappa shape index (κ3) is 3.91. The zero-order valence-electron chi connectivity index (χ0n) is 28.8. The molecule has 0 fully saturated rings. The molecular weight excluding hydrogens is 607 g/mol. The molecule has 50 heavy (non-hydrogen) atoms.